The molecule has 0 spiro atoms. The maximum atomic E-state index is 13.4. The zero-order valence-corrected chi connectivity index (χ0v) is 16.7. The van der Waals surface area contributed by atoms with Gasteiger partial charge in [-0.3, -0.25) is 4.79 Å². The molecule has 1 saturated heterocycles. The van der Waals surface area contributed by atoms with E-state index in [0.29, 0.717) is 32.7 Å². The Bertz CT molecular complexity index is 966. The largest absolute Gasteiger partial charge is 0.378 e. The standard InChI is InChI=1S/C21H24N2O4S/c1-16-6-8-19(9-7-16)28(25,26)23-15-18-5-3-2-4-17(18)14-20(23)21(24)22-10-12-27-13-11-22/h2-9,20H,10-15H2,1H3/t20-/m0/s1. The van der Waals surface area contributed by atoms with Gasteiger partial charge in [0.2, 0.25) is 15.9 Å². The average molecular weight is 401 g/mol. The Hall–Kier alpha value is -2.22. The van der Waals surface area contributed by atoms with Crippen molar-refractivity contribution in [1.29, 1.82) is 0 Å². The van der Waals surface area contributed by atoms with Crippen LogP contribution in [0, 0.1) is 6.92 Å². The van der Waals surface area contributed by atoms with Crippen LogP contribution in [0.15, 0.2) is 53.4 Å². The summed E-state index contributed by atoms with van der Waals surface area (Å²) in [7, 11) is -3.80. The Balaban J connectivity index is 1.72. The van der Waals surface area contributed by atoms with Gasteiger partial charge < -0.3 is 9.64 Å². The molecule has 0 aliphatic carbocycles. The van der Waals surface area contributed by atoms with E-state index in [1.807, 2.05) is 31.2 Å². The molecular formula is C21H24N2O4S. The van der Waals surface area contributed by atoms with Crippen LogP contribution in [0.2, 0.25) is 0 Å². The van der Waals surface area contributed by atoms with Crippen molar-refractivity contribution in [3.05, 3.63) is 65.2 Å². The fraction of sp³-hybridized carbons (Fsp3) is 0.381. The topological polar surface area (TPSA) is 66.9 Å². The lowest BCUT2D eigenvalue weighted by Crippen LogP contribution is -2.55. The molecule has 2 heterocycles. The summed E-state index contributed by atoms with van der Waals surface area (Å²) in [6, 6.07) is 13.8. The minimum atomic E-state index is -3.80. The predicted molar refractivity (Wildman–Crippen MR) is 105 cm³/mol. The second-order valence-corrected chi connectivity index (χ2v) is 9.18. The van der Waals surface area contributed by atoms with Gasteiger partial charge in [-0.25, -0.2) is 8.42 Å². The number of hydrogen-bond acceptors (Lipinski definition) is 4. The van der Waals surface area contributed by atoms with Gasteiger partial charge in [-0.05, 0) is 36.6 Å². The van der Waals surface area contributed by atoms with Crippen LogP contribution in [0.1, 0.15) is 16.7 Å². The Morgan fingerprint density at radius 3 is 2.32 bits per heavy atom. The van der Waals surface area contributed by atoms with Crippen molar-refractivity contribution in [3.63, 3.8) is 0 Å². The lowest BCUT2D eigenvalue weighted by atomic mass is 9.95. The maximum Gasteiger partial charge on any atom is 0.244 e. The molecule has 0 saturated carbocycles. The van der Waals surface area contributed by atoms with E-state index < -0.39 is 16.1 Å². The van der Waals surface area contributed by atoms with Crippen LogP contribution in [0.5, 0.6) is 0 Å². The molecule has 7 heteroatoms. The summed E-state index contributed by atoms with van der Waals surface area (Å²) >= 11 is 0. The van der Waals surface area contributed by atoms with E-state index in [4.69, 9.17) is 4.74 Å². The minimum Gasteiger partial charge on any atom is -0.378 e. The molecule has 1 fully saturated rings. The Kier molecular flexibility index (Phi) is 5.23. The van der Waals surface area contributed by atoms with Gasteiger partial charge >= 0.3 is 0 Å². The summed E-state index contributed by atoms with van der Waals surface area (Å²) in [6.07, 6.45) is 0.386. The van der Waals surface area contributed by atoms with Gasteiger partial charge in [-0.1, -0.05) is 42.0 Å². The van der Waals surface area contributed by atoms with Gasteiger partial charge in [0.15, 0.2) is 0 Å². The van der Waals surface area contributed by atoms with Gasteiger partial charge in [0, 0.05) is 19.6 Å². The summed E-state index contributed by atoms with van der Waals surface area (Å²) < 4.78 is 33.6. The Labute approximate surface area is 165 Å². The molecule has 2 aliphatic heterocycles. The van der Waals surface area contributed by atoms with E-state index in [2.05, 4.69) is 0 Å². The number of sulfonamides is 1. The number of aryl methyl sites for hydroxylation is 1. The fourth-order valence-electron chi connectivity index (χ4n) is 3.80. The van der Waals surface area contributed by atoms with Crippen molar-refractivity contribution in [3.8, 4) is 0 Å². The number of hydrogen-bond donors (Lipinski definition) is 0. The summed E-state index contributed by atoms with van der Waals surface area (Å²) in [5, 5.41) is 0. The molecule has 28 heavy (non-hydrogen) atoms. The second kappa shape index (κ2) is 7.66. The van der Waals surface area contributed by atoms with E-state index >= 15 is 0 Å². The van der Waals surface area contributed by atoms with Crippen LogP contribution in [-0.2, 0) is 32.5 Å². The normalized spacial score (nSPS) is 20.6. The quantitative estimate of drug-likeness (QED) is 0.790. The molecule has 1 amide bonds. The molecule has 0 aromatic heterocycles. The third kappa shape index (κ3) is 3.57. The van der Waals surface area contributed by atoms with Crippen molar-refractivity contribution in [2.24, 2.45) is 0 Å². The number of carbonyl (C=O) groups is 1. The highest BCUT2D eigenvalue weighted by Gasteiger charge is 2.41. The molecule has 0 radical (unpaired) electrons. The summed E-state index contributed by atoms with van der Waals surface area (Å²) in [5.74, 6) is -0.145. The van der Waals surface area contributed by atoms with Crippen molar-refractivity contribution in [2.45, 2.75) is 30.8 Å². The number of rotatable bonds is 3. The molecule has 1 atom stereocenters. The van der Waals surface area contributed by atoms with Crippen molar-refractivity contribution in [2.75, 3.05) is 26.3 Å². The first kappa shape index (κ1) is 19.1. The van der Waals surface area contributed by atoms with Crippen molar-refractivity contribution < 1.29 is 17.9 Å². The molecule has 4 rings (SSSR count). The summed E-state index contributed by atoms with van der Waals surface area (Å²) in [4.78, 5) is 15.2. The fourth-order valence-corrected chi connectivity index (χ4v) is 5.36. The zero-order valence-electron chi connectivity index (χ0n) is 15.9. The lowest BCUT2D eigenvalue weighted by molar-refractivity contribution is -0.139. The maximum absolute atomic E-state index is 13.4. The number of fused-ring (bicyclic) bond motifs is 1. The van der Waals surface area contributed by atoms with Gasteiger partial charge in [-0.2, -0.15) is 4.31 Å². The monoisotopic (exact) mass is 400 g/mol. The van der Waals surface area contributed by atoms with Crippen LogP contribution in [0.25, 0.3) is 0 Å². The summed E-state index contributed by atoms with van der Waals surface area (Å²) in [6.45, 7) is 4.08. The van der Waals surface area contributed by atoms with E-state index in [1.165, 1.54) is 4.31 Å². The Morgan fingerprint density at radius 1 is 1.00 bits per heavy atom. The number of morpholine rings is 1. The van der Waals surface area contributed by atoms with Crippen LogP contribution in [-0.4, -0.2) is 55.9 Å². The number of nitrogens with zero attached hydrogens (tertiary/aromatic N) is 2. The van der Waals surface area contributed by atoms with E-state index in [-0.39, 0.29) is 17.3 Å². The molecule has 148 valence electrons. The Morgan fingerprint density at radius 2 is 1.64 bits per heavy atom. The van der Waals surface area contributed by atoms with Crippen LogP contribution in [0.4, 0.5) is 0 Å². The smallest absolute Gasteiger partial charge is 0.244 e. The van der Waals surface area contributed by atoms with Gasteiger partial charge in [-0.15, -0.1) is 0 Å². The number of amides is 1. The highest BCUT2D eigenvalue weighted by atomic mass is 32.2. The molecule has 2 aromatic rings. The van der Waals surface area contributed by atoms with Gasteiger partial charge in [0.05, 0.1) is 18.1 Å². The zero-order chi connectivity index (χ0) is 19.7. The van der Waals surface area contributed by atoms with Crippen molar-refractivity contribution >= 4 is 15.9 Å². The van der Waals surface area contributed by atoms with E-state index in [1.54, 1.807) is 29.2 Å². The third-order valence-corrected chi connectivity index (χ3v) is 7.31. The first-order valence-electron chi connectivity index (χ1n) is 9.48. The van der Waals surface area contributed by atoms with Crippen LogP contribution >= 0.6 is 0 Å². The highest BCUT2D eigenvalue weighted by Crippen LogP contribution is 2.30. The highest BCUT2D eigenvalue weighted by molar-refractivity contribution is 7.89. The lowest BCUT2D eigenvalue weighted by Gasteiger charge is -2.38. The number of ether oxygens (including phenoxy) is 1. The molecule has 6 nitrogen and oxygen atoms in total. The van der Waals surface area contributed by atoms with Gasteiger partial charge in [0.1, 0.15) is 6.04 Å². The van der Waals surface area contributed by atoms with Crippen LogP contribution < -0.4 is 0 Å². The third-order valence-electron chi connectivity index (χ3n) is 5.44. The van der Waals surface area contributed by atoms with Crippen LogP contribution in [0.3, 0.4) is 0 Å². The summed E-state index contributed by atoms with van der Waals surface area (Å²) in [5.41, 5.74) is 2.97. The molecule has 2 aromatic carbocycles. The second-order valence-electron chi connectivity index (χ2n) is 7.29. The number of benzene rings is 2. The SMILES string of the molecule is Cc1ccc(S(=O)(=O)N2Cc3ccccc3C[C@H]2C(=O)N2CCOCC2)cc1. The average Bonchev–Trinajstić information content (AvgIpc) is 2.73. The molecule has 0 bridgehead atoms. The molecule has 0 N–H and O–H groups in total. The molecular weight excluding hydrogens is 376 g/mol. The van der Waals surface area contributed by atoms with Crippen molar-refractivity contribution in [1.82, 2.24) is 9.21 Å². The first-order chi connectivity index (χ1) is 13.5. The molecule has 2 aliphatic rings. The predicted octanol–water partition coefficient (Wildman–Crippen LogP) is 1.97. The van der Waals surface area contributed by atoms with E-state index in [0.717, 1.165) is 16.7 Å². The van der Waals surface area contributed by atoms with E-state index in [9.17, 15) is 13.2 Å². The first-order valence-corrected chi connectivity index (χ1v) is 10.9. The number of carbonyl (C=O) groups excluding carboxylic acids is 1. The molecule has 0 unspecified atom stereocenters. The minimum absolute atomic E-state index is 0.145. The van der Waals surface area contributed by atoms with Gasteiger partial charge in [0.25, 0.3) is 0 Å².